The van der Waals surface area contributed by atoms with Crippen LogP contribution in [0.1, 0.15) is 6.85 Å². The first-order chi connectivity index (χ1) is 26.3. The van der Waals surface area contributed by atoms with E-state index in [1.807, 2.05) is 36.4 Å². The first-order valence-corrected chi connectivity index (χ1v) is 16.8. The SMILES string of the molecule is [2H]c1c([2H])c([2H])c(-c2nc(-c3ccccc3)nc(-c3ccc4c(c3)sc3cc(-c5ccc6c7ccccc7c7ccccc7c6c5)ccc34)n2)c([2H])c1[2H]. The minimum Gasteiger partial charge on any atom is -0.208 e. The molecule has 3 nitrogen and oxygen atoms in total. The number of rotatable bonds is 4. The largest absolute Gasteiger partial charge is 0.208 e. The summed E-state index contributed by atoms with van der Waals surface area (Å²) < 4.78 is 44.0. The normalized spacial score (nSPS) is 13.1. The topological polar surface area (TPSA) is 38.7 Å². The van der Waals surface area contributed by atoms with E-state index < -0.39 is 18.1 Å². The van der Waals surface area contributed by atoms with Gasteiger partial charge in [0.15, 0.2) is 17.5 Å². The fraction of sp³-hybridized carbons (Fsp3) is 0. The highest BCUT2D eigenvalue weighted by Crippen LogP contribution is 2.40. The van der Waals surface area contributed by atoms with Crippen LogP contribution >= 0.6 is 11.3 Å². The van der Waals surface area contributed by atoms with Crippen LogP contribution in [-0.2, 0) is 0 Å². The minimum absolute atomic E-state index is 0.0214. The van der Waals surface area contributed by atoms with Gasteiger partial charge in [0.1, 0.15) is 0 Å². The quantitative estimate of drug-likeness (QED) is 0.179. The lowest BCUT2D eigenvalue weighted by atomic mass is 9.92. The van der Waals surface area contributed by atoms with Crippen molar-refractivity contribution in [3.05, 3.63) is 164 Å². The zero-order chi connectivity index (χ0) is 36.7. The van der Waals surface area contributed by atoms with Crippen molar-refractivity contribution in [2.75, 3.05) is 0 Å². The zero-order valence-corrected chi connectivity index (χ0v) is 26.8. The minimum atomic E-state index is -0.465. The molecule has 0 unspecified atom stereocenters. The maximum Gasteiger partial charge on any atom is 0.164 e. The van der Waals surface area contributed by atoms with E-state index in [1.54, 1.807) is 11.3 Å². The average Bonchev–Trinajstić information content (AvgIpc) is 3.59. The second-order valence-corrected chi connectivity index (χ2v) is 13.1. The molecule has 10 rings (SSSR count). The van der Waals surface area contributed by atoms with Gasteiger partial charge in [-0.15, -0.1) is 11.3 Å². The molecule has 0 amide bonds. The van der Waals surface area contributed by atoms with E-state index in [0.29, 0.717) is 11.6 Å². The molecule has 228 valence electrons. The van der Waals surface area contributed by atoms with Crippen molar-refractivity contribution in [2.45, 2.75) is 0 Å². The van der Waals surface area contributed by atoms with Gasteiger partial charge < -0.3 is 0 Å². The standard InChI is InChI=1S/C45H27N3S/c1-3-11-28(12-4-1)43-46-44(29-13-5-2-6-14-29)48-45(47-43)32-21-24-39-38-23-20-31(26-41(38)49-42(39)27-32)30-19-22-37-35-17-8-7-15-33(35)34-16-9-10-18-36(34)40(37)25-30/h1-27H/i1D,3D,4D,11D,12D. The fourth-order valence-corrected chi connectivity index (χ4v) is 8.06. The number of benzene rings is 8. The van der Waals surface area contributed by atoms with Crippen molar-refractivity contribution in [1.29, 1.82) is 0 Å². The Kier molecular flexibility index (Phi) is 5.29. The Bertz CT molecular complexity index is 3120. The Labute approximate surface area is 293 Å². The predicted molar refractivity (Wildman–Crippen MR) is 207 cm³/mol. The summed E-state index contributed by atoms with van der Waals surface area (Å²) in [4.78, 5) is 14.2. The van der Waals surface area contributed by atoms with E-state index in [4.69, 9.17) is 16.8 Å². The summed E-state index contributed by atoms with van der Waals surface area (Å²) in [5, 5.41) is 9.76. The molecule has 0 aliphatic heterocycles. The van der Waals surface area contributed by atoms with E-state index in [-0.39, 0.29) is 23.5 Å². The molecule has 0 atom stereocenters. The van der Waals surface area contributed by atoms with Crippen molar-refractivity contribution in [2.24, 2.45) is 0 Å². The maximum atomic E-state index is 8.61. The third kappa shape index (κ3) is 4.68. The Morgan fingerprint density at radius 3 is 1.43 bits per heavy atom. The molecule has 10 aromatic rings. The van der Waals surface area contributed by atoms with Gasteiger partial charge in [0.05, 0.1) is 6.85 Å². The summed E-state index contributed by atoms with van der Waals surface area (Å²) in [6, 6.07) is 44.1. The fourth-order valence-electron chi connectivity index (χ4n) is 6.88. The number of thiophene rings is 1. The average molecular weight is 647 g/mol. The van der Waals surface area contributed by atoms with Gasteiger partial charge in [0.2, 0.25) is 0 Å². The summed E-state index contributed by atoms with van der Waals surface area (Å²) in [5.74, 6) is 0.717. The summed E-state index contributed by atoms with van der Waals surface area (Å²) in [5.41, 5.74) is 3.69. The van der Waals surface area contributed by atoms with E-state index >= 15 is 0 Å². The van der Waals surface area contributed by atoms with Gasteiger partial charge in [-0.05, 0) is 61.6 Å². The van der Waals surface area contributed by atoms with Crippen molar-refractivity contribution < 1.29 is 6.85 Å². The van der Waals surface area contributed by atoms with Crippen molar-refractivity contribution in [1.82, 2.24) is 15.0 Å². The molecule has 49 heavy (non-hydrogen) atoms. The number of nitrogens with zero attached hydrogens (tertiary/aromatic N) is 3. The number of fused-ring (bicyclic) bond motifs is 9. The molecule has 8 aromatic carbocycles. The number of hydrogen-bond acceptors (Lipinski definition) is 4. The Hall–Kier alpha value is -6.23. The van der Waals surface area contributed by atoms with Gasteiger partial charge in [-0.1, -0.05) is 145 Å². The maximum absolute atomic E-state index is 8.61. The summed E-state index contributed by atoms with van der Waals surface area (Å²) in [7, 11) is 0. The predicted octanol–water partition coefficient (Wildman–Crippen LogP) is 12.4. The van der Waals surface area contributed by atoms with Crippen LogP contribution in [0, 0.1) is 0 Å². The molecule has 0 saturated carbocycles. The molecule has 0 bridgehead atoms. The third-order valence-electron chi connectivity index (χ3n) is 9.20. The number of aromatic nitrogens is 3. The van der Waals surface area contributed by atoms with Crippen molar-refractivity contribution >= 4 is 63.8 Å². The smallest absolute Gasteiger partial charge is 0.164 e. The second kappa shape index (κ2) is 11.2. The monoisotopic (exact) mass is 646 g/mol. The van der Waals surface area contributed by atoms with Crippen LogP contribution in [-0.4, -0.2) is 15.0 Å². The first kappa shape index (κ1) is 23.2. The van der Waals surface area contributed by atoms with Crippen LogP contribution in [0.2, 0.25) is 0 Å². The van der Waals surface area contributed by atoms with E-state index in [2.05, 4.69) is 102 Å². The molecule has 0 radical (unpaired) electrons. The van der Waals surface area contributed by atoms with Crippen molar-refractivity contribution in [3.63, 3.8) is 0 Å². The van der Waals surface area contributed by atoms with Crippen LogP contribution in [0.4, 0.5) is 0 Å². The van der Waals surface area contributed by atoms with Crippen LogP contribution in [0.3, 0.4) is 0 Å². The summed E-state index contributed by atoms with van der Waals surface area (Å²) in [6.45, 7) is 0. The Morgan fingerprint density at radius 2 is 0.796 bits per heavy atom. The first-order valence-electron chi connectivity index (χ1n) is 18.5. The molecule has 4 heteroatoms. The summed E-state index contributed by atoms with van der Waals surface area (Å²) >= 11 is 1.70. The lowest BCUT2D eigenvalue weighted by molar-refractivity contribution is 1.07. The second-order valence-electron chi connectivity index (χ2n) is 12.0. The van der Waals surface area contributed by atoms with E-state index in [1.165, 1.54) is 32.3 Å². The van der Waals surface area contributed by atoms with E-state index in [9.17, 15) is 0 Å². The van der Waals surface area contributed by atoms with Crippen LogP contribution < -0.4 is 0 Å². The van der Waals surface area contributed by atoms with Crippen molar-refractivity contribution in [3.8, 4) is 45.3 Å². The van der Waals surface area contributed by atoms with Crippen LogP contribution in [0.5, 0.6) is 0 Å². The molecule has 2 aromatic heterocycles. The Morgan fingerprint density at radius 1 is 0.347 bits per heavy atom. The van der Waals surface area contributed by atoms with Gasteiger partial charge >= 0.3 is 0 Å². The lowest BCUT2D eigenvalue weighted by Gasteiger charge is -2.12. The summed E-state index contributed by atoms with van der Waals surface area (Å²) in [6.07, 6.45) is 0. The van der Waals surface area contributed by atoms with Gasteiger partial charge in [0.25, 0.3) is 0 Å². The molecule has 2 heterocycles. The van der Waals surface area contributed by atoms with Crippen LogP contribution in [0.15, 0.2) is 164 Å². The highest BCUT2D eigenvalue weighted by molar-refractivity contribution is 7.25. The molecule has 0 aliphatic rings. The molecule has 0 fully saturated rings. The van der Waals surface area contributed by atoms with E-state index in [0.717, 1.165) is 42.4 Å². The molecule has 0 spiro atoms. The van der Waals surface area contributed by atoms with Gasteiger partial charge in [-0.25, -0.2) is 15.0 Å². The third-order valence-corrected chi connectivity index (χ3v) is 10.3. The Balaban J connectivity index is 1.10. The van der Waals surface area contributed by atoms with Gasteiger partial charge in [-0.2, -0.15) is 0 Å². The van der Waals surface area contributed by atoms with Gasteiger partial charge in [0, 0.05) is 36.9 Å². The molecule has 0 aliphatic carbocycles. The lowest BCUT2D eigenvalue weighted by Crippen LogP contribution is -1.99. The molecular formula is C45H27N3S. The molecular weight excluding hydrogens is 615 g/mol. The molecule has 0 N–H and O–H groups in total. The van der Waals surface area contributed by atoms with Gasteiger partial charge in [-0.3, -0.25) is 0 Å². The highest BCUT2D eigenvalue weighted by Gasteiger charge is 2.15. The molecule has 0 saturated heterocycles. The highest BCUT2D eigenvalue weighted by atomic mass is 32.1. The zero-order valence-electron chi connectivity index (χ0n) is 31.0. The number of hydrogen-bond donors (Lipinski definition) is 0. The van der Waals surface area contributed by atoms with Crippen LogP contribution in [0.25, 0.3) is 97.8 Å².